The van der Waals surface area contributed by atoms with Crippen LogP contribution in [0.4, 0.5) is 0 Å². The van der Waals surface area contributed by atoms with Crippen molar-refractivity contribution in [1.29, 1.82) is 0 Å². The van der Waals surface area contributed by atoms with Crippen molar-refractivity contribution in [2.75, 3.05) is 13.1 Å². The third-order valence-corrected chi connectivity index (χ3v) is 4.84. The molecular formula is C18H21BrN2O3. The van der Waals surface area contributed by atoms with Crippen LogP contribution in [0.2, 0.25) is 0 Å². The van der Waals surface area contributed by atoms with Crippen molar-refractivity contribution in [3.63, 3.8) is 0 Å². The monoisotopic (exact) mass is 392 g/mol. The number of rotatable bonds is 4. The lowest BCUT2D eigenvalue weighted by Crippen LogP contribution is -2.57. The zero-order valence-electron chi connectivity index (χ0n) is 13.8. The molecule has 2 heterocycles. The van der Waals surface area contributed by atoms with Crippen LogP contribution in [0, 0.1) is 0 Å². The van der Waals surface area contributed by atoms with E-state index in [2.05, 4.69) is 35.1 Å². The van der Waals surface area contributed by atoms with Crippen LogP contribution >= 0.6 is 15.9 Å². The Kier molecular flexibility index (Phi) is 5.26. The Morgan fingerprint density at radius 1 is 1.38 bits per heavy atom. The summed E-state index contributed by atoms with van der Waals surface area (Å²) in [6, 6.07) is 11.5. The molecule has 0 spiro atoms. The van der Waals surface area contributed by atoms with E-state index >= 15 is 0 Å². The number of nitrogens with zero attached hydrogens (tertiary/aromatic N) is 1. The van der Waals surface area contributed by atoms with Gasteiger partial charge in [-0.3, -0.25) is 4.79 Å². The highest BCUT2D eigenvalue weighted by atomic mass is 79.9. The number of benzene rings is 1. The zero-order valence-corrected chi connectivity index (χ0v) is 15.4. The van der Waals surface area contributed by atoms with Crippen LogP contribution in [0.5, 0.6) is 5.75 Å². The first-order chi connectivity index (χ1) is 11.5. The number of carbonyl (C=O) groups excluding carboxylic acids is 1. The summed E-state index contributed by atoms with van der Waals surface area (Å²) in [5, 5.41) is 3.37. The minimum absolute atomic E-state index is 0.0652. The standard InChI is InChI=1S/C18H21BrN2O3/c1-12-13(2)21(9-8-20-12)18(22)17-7-6-16(24-17)11-23-15-5-3-4-14(19)10-15/h3-7,10,12-13,20H,8-9,11H2,1-2H3. The van der Waals surface area contributed by atoms with Crippen LogP contribution < -0.4 is 10.1 Å². The van der Waals surface area contributed by atoms with Crippen molar-refractivity contribution < 1.29 is 13.9 Å². The second-order valence-electron chi connectivity index (χ2n) is 5.99. The Labute approximate surface area is 150 Å². The Morgan fingerprint density at radius 3 is 3.00 bits per heavy atom. The van der Waals surface area contributed by atoms with Crippen LogP contribution in [0.15, 0.2) is 45.3 Å². The van der Waals surface area contributed by atoms with E-state index in [1.165, 1.54) is 0 Å². The average Bonchev–Trinajstić information content (AvgIpc) is 3.04. The van der Waals surface area contributed by atoms with Crippen LogP contribution in [0.1, 0.15) is 30.2 Å². The summed E-state index contributed by atoms with van der Waals surface area (Å²) in [5.41, 5.74) is 0. The summed E-state index contributed by atoms with van der Waals surface area (Å²) in [6.45, 7) is 5.92. The molecular weight excluding hydrogens is 372 g/mol. The molecule has 0 bridgehead atoms. The van der Waals surface area contributed by atoms with Gasteiger partial charge in [0.15, 0.2) is 5.76 Å². The zero-order chi connectivity index (χ0) is 17.1. The molecule has 1 aromatic heterocycles. The van der Waals surface area contributed by atoms with E-state index in [9.17, 15) is 4.79 Å². The third-order valence-electron chi connectivity index (χ3n) is 4.34. The van der Waals surface area contributed by atoms with Gasteiger partial charge >= 0.3 is 0 Å². The number of piperazine rings is 1. The minimum atomic E-state index is -0.0652. The predicted molar refractivity (Wildman–Crippen MR) is 95.1 cm³/mol. The number of ether oxygens (including phenoxy) is 1. The van der Waals surface area contributed by atoms with Gasteiger partial charge in [0, 0.05) is 29.6 Å². The summed E-state index contributed by atoms with van der Waals surface area (Å²) in [6.07, 6.45) is 0. The van der Waals surface area contributed by atoms with Crippen molar-refractivity contribution in [2.45, 2.75) is 32.5 Å². The maximum Gasteiger partial charge on any atom is 0.289 e. The highest BCUT2D eigenvalue weighted by Gasteiger charge is 2.30. The number of amides is 1. The quantitative estimate of drug-likeness (QED) is 0.865. The predicted octanol–water partition coefficient (Wildman–Crippen LogP) is 3.44. The first kappa shape index (κ1) is 17.0. The molecule has 0 aliphatic carbocycles. The van der Waals surface area contributed by atoms with E-state index in [-0.39, 0.29) is 24.6 Å². The number of halogens is 1. The molecule has 2 unspecified atom stereocenters. The molecule has 0 saturated carbocycles. The molecule has 1 N–H and O–H groups in total. The molecule has 1 amide bonds. The highest BCUT2D eigenvalue weighted by Crippen LogP contribution is 2.20. The Bertz CT molecular complexity index is 716. The van der Waals surface area contributed by atoms with Gasteiger partial charge in [0.1, 0.15) is 18.1 Å². The Morgan fingerprint density at radius 2 is 2.21 bits per heavy atom. The van der Waals surface area contributed by atoms with E-state index in [1.807, 2.05) is 29.2 Å². The van der Waals surface area contributed by atoms with Gasteiger partial charge in [-0.15, -0.1) is 0 Å². The molecule has 0 radical (unpaired) electrons. The number of furan rings is 1. The lowest BCUT2D eigenvalue weighted by atomic mass is 10.1. The minimum Gasteiger partial charge on any atom is -0.486 e. The highest BCUT2D eigenvalue weighted by molar-refractivity contribution is 9.10. The molecule has 6 heteroatoms. The Balaban J connectivity index is 1.63. The molecule has 1 aliphatic heterocycles. The molecule has 3 rings (SSSR count). The summed E-state index contributed by atoms with van der Waals surface area (Å²) in [4.78, 5) is 14.5. The second-order valence-corrected chi connectivity index (χ2v) is 6.91. The van der Waals surface area contributed by atoms with Gasteiger partial charge in [-0.1, -0.05) is 22.0 Å². The lowest BCUT2D eigenvalue weighted by molar-refractivity contribution is 0.0567. The first-order valence-electron chi connectivity index (χ1n) is 8.06. The van der Waals surface area contributed by atoms with E-state index < -0.39 is 0 Å². The lowest BCUT2D eigenvalue weighted by Gasteiger charge is -2.38. The third kappa shape index (κ3) is 3.82. The van der Waals surface area contributed by atoms with Gasteiger partial charge in [-0.25, -0.2) is 0 Å². The van der Waals surface area contributed by atoms with Crippen LogP contribution in [-0.2, 0) is 6.61 Å². The molecule has 1 aromatic carbocycles. The SMILES string of the molecule is CC1NCCN(C(=O)c2ccc(COc3cccc(Br)c3)o2)C1C. The van der Waals surface area contributed by atoms with Crippen molar-refractivity contribution in [1.82, 2.24) is 10.2 Å². The van der Waals surface area contributed by atoms with Gasteiger partial charge in [0.2, 0.25) is 0 Å². The van der Waals surface area contributed by atoms with Crippen molar-refractivity contribution in [3.8, 4) is 5.75 Å². The fraction of sp³-hybridized carbons (Fsp3) is 0.389. The molecule has 1 fully saturated rings. The summed E-state index contributed by atoms with van der Waals surface area (Å²) in [5.74, 6) is 1.68. The van der Waals surface area contributed by atoms with Gasteiger partial charge in [-0.2, -0.15) is 0 Å². The van der Waals surface area contributed by atoms with Gasteiger partial charge in [0.05, 0.1) is 0 Å². The van der Waals surface area contributed by atoms with E-state index in [0.29, 0.717) is 18.1 Å². The van der Waals surface area contributed by atoms with Gasteiger partial charge in [0.25, 0.3) is 5.91 Å². The normalized spacial score (nSPS) is 20.9. The Hall–Kier alpha value is -1.79. The topological polar surface area (TPSA) is 54.7 Å². The molecule has 128 valence electrons. The van der Waals surface area contributed by atoms with E-state index in [1.54, 1.807) is 12.1 Å². The number of nitrogens with one attached hydrogen (secondary N) is 1. The molecule has 2 aromatic rings. The van der Waals surface area contributed by atoms with Gasteiger partial charge in [-0.05, 0) is 44.2 Å². The van der Waals surface area contributed by atoms with Crippen molar-refractivity contribution >= 4 is 21.8 Å². The summed E-state index contributed by atoms with van der Waals surface area (Å²) in [7, 11) is 0. The molecule has 2 atom stereocenters. The smallest absolute Gasteiger partial charge is 0.289 e. The number of carbonyl (C=O) groups is 1. The number of hydrogen-bond donors (Lipinski definition) is 1. The van der Waals surface area contributed by atoms with Crippen molar-refractivity contribution in [3.05, 3.63) is 52.4 Å². The van der Waals surface area contributed by atoms with Gasteiger partial charge < -0.3 is 19.4 Å². The summed E-state index contributed by atoms with van der Waals surface area (Å²) >= 11 is 3.41. The van der Waals surface area contributed by atoms with Crippen LogP contribution in [-0.4, -0.2) is 36.0 Å². The molecule has 24 heavy (non-hydrogen) atoms. The number of hydrogen-bond acceptors (Lipinski definition) is 4. The second kappa shape index (κ2) is 7.40. The van der Waals surface area contributed by atoms with Crippen LogP contribution in [0.25, 0.3) is 0 Å². The van der Waals surface area contributed by atoms with Crippen molar-refractivity contribution in [2.24, 2.45) is 0 Å². The van der Waals surface area contributed by atoms with E-state index in [4.69, 9.17) is 9.15 Å². The summed E-state index contributed by atoms with van der Waals surface area (Å²) < 4.78 is 12.3. The first-order valence-corrected chi connectivity index (χ1v) is 8.85. The fourth-order valence-corrected chi connectivity index (χ4v) is 3.14. The van der Waals surface area contributed by atoms with E-state index in [0.717, 1.165) is 16.8 Å². The molecule has 1 aliphatic rings. The molecule has 1 saturated heterocycles. The molecule has 5 nitrogen and oxygen atoms in total. The average molecular weight is 393 g/mol. The fourth-order valence-electron chi connectivity index (χ4n) is 2.77. The van der Waals surface area contributed by atoms with Crippen LogP contribution in [0.3, 0.4) is 0 Å². The maximum absolute atomic E-state index is 12.6. The largest absolute Gasteiger partial charge is 0.486 e. The maximum atomic E-state index is 12.6.